The Balaban J connectivity index is 1.98. The first-order valence-electron chi connectivity index (χ1n) is 6.64. The van der Waals surface area contributed by atoms with Crippen LogP contribution in [0.2, 0.25) is 0 Å². The van der Waals surface area contributed by atoms with Gasteiger partial charge in [0.25, 0.3) is 0 Å². The molecular formula is C15H23NO. The molecule has 1 atom stereocenters. The van der Waals surface area contributed by atoms with Gasteiger partial charge in [-0.15, -0.1) is 0 Å². The molecule has 1 saturated carbocycles. The Morgan fingerprint density at radius 2 is 1.88 bits per heavy atom. The van der Waals surface area contributed by atoms with Crippen molar-refractivity contribution in [3.63, 3.8) is 0 Å². The van der Waals surface area contributed by atoms with E-state index in [4.69, 9.17) is 0 Å². The van der Waals surface area contributed by atoms with Crippen LogP contribution in [0.15, 0.2) is 30.3 Å². The lowest BCUT2D eigenvalue weighted by Crippen LogP contribution is -2.45. The van der Waals surface area contributed by atoms with Crippen LogP contribution >= 0.6 is 0 Å². The highest BCUT2D eigenvalue weighted by molar-refractivity contribution is 5.19. The Labute approximate surface area is 104 Å². The number of aliphatic hydroxyl groups excluding tert-OH is 1. The Kier molecular flexibility index (Phi) is 4.19. The van der Waals surface area contributed by atoms with Gasteiger partial charge < -0.3 is 10.4 Å². The molecule has 1 aliphatic rings. The van der Waals surface area contributed by atoms with Crippen molar-refractivity contribution in [2.45, 2.75) is 51.3 Å². The van der Waals surface area contributed by atoms with Crippen LogP contribution < -0.4 is 5.32 Å². The summed E-state index contributed by atoms with van der Waals surface area (Å²) in [6, 6.07) is 11.6. The first-order chi connectivity index (χ1) is 8.15. The van der Waals surface area contributed by atoms with Gasteiger partial charge in [-0.1, -0.05) is 44.2 Å². The lowest BCUT2D eigenvalue weighted by Gasteiger charge is -2.36. The second-order valence-corrected chi connectivity index (χ2v) is 5.58. The number of benzene rings is 1. The first-order valence-corrected chi connectivity index (χ1v) is 6.64. The Morgan fingerprint density at radius 1 is 1.24 bits per heavy atom. The number of hydrogen-bond acceptors (Lipinski definition) is 2. The molecular weight excluding hydrogens is 210 g/mol. The molecule has 2 nitrogen and oxygen atoms in total. The van der Waals surface area contributed by atoms with Crippen LogP contribution in [0.5, 0.6) is 0 Å². The van der Waals surface area contributed by atoms with Crippen LogP contribution in [0.3, 0.4) is 0 Å². The van der Waals surface area contributed by atoms with Gasteiger partial charge in [0, 0.05) is 12.1 Å². The van der Waals surface area contributed by atoms with E-state index in [-0.39, 0.29) is 6.10 Å². The van der Waals surface area contributed by atoms with E-state index in [1.165, 1.54) is 5.56 Å². The second-order valence-electron chi connectivity index (χ2n) is 5.58. The summed E-state index contributed by atoms with van der Waals surface area (Å²) in [5.74, 6) is 0.678. The minimum atomic E-state index is -0.0806. The maximum Gasteiger partial charge on any atom is 0.0570 e. The van der Waals surface area contributed by atoms with Gasteiger partial charge in [0.2, 0.25) is 0 Å². The highest BCUT2D eigenvalue weighted by atomic mass is 16.3. The summed E-state index contributed by atoms with van der Waals surface area (Å²) >= 11 is 0. The number of hydrogen-bond donors (Lipinski definition) is 2. The highest BCUT2D eigenvalue weighted by Crippen LogP contribution is 2.27. The van der Waals surface area contributed by atoms with Crippen LogP contribution in [0.4, 0.5) is 0 Å². The standard InChI is InChI=1S/C15H23NO/c1-11(2)8-15(12-6-4-3-5-7-12)16-13-9-14(17)10-13/h3-7,11,13-17H,8-10H2,1-2H3. The van der Waals surface area contributed by atoms with E-state index in [9.17, 15) is 5.11 Å². The SMILES string of the molecule is CC(C)CC(NC1CC(O)C1)c1ccccc1. The van der Waals surface area contributed by atoms with Gasteiger partial charge in [-0.05, 0) is 30.7 Å². The zero-order chi connectivity index (χ0) is 12.3. The van der Waals surface area contributed by atoms with E-state index in [1.54, 1.807) is 0 Å². The van der Waals surface area contributed by atoms with Crippen LogP contribution in [-0.2, 0) is 0 Å². The molecule has 17 heavy (non-hydrogen) atoms. The van der Waals surface area contributed by atoms with Crippen LogP contribution in [0, 0.1) is 5.92 Å². The third-order valence-electron chi connectivity index (χ3n) is 3.46. The minimum Gasteiger partial charge on any atom is -0.393 e. The van der Waals surface area contributed by atoms with Gasteiger partial charge in [0.1, 0.15) is 0 Å². The molecule has 1 aromatic rings. The smallest absolute Gasteiger partial charge is 0.0570 e. The Morgan fingerprint density at radius 3 is 2.41 bits per heavy atom. The first kappa shape index (κ1) is 12.6. The number of nitrogens with one attached hydrogen (secondary N) is 1. The second kappa shape index (κ2) is 5.65. The van der Waals surface area contributed by atoms with Crippen molar-refractivity contribution in [1.29, 1.82) is 0 Å². The fourth-order valence-corrected chi connectivity index (χ4v) is 2.47. The lowest BCUT2D eigenvalue weighted by molar-refractivity contribution is 0.0564. The molecule has 1 aromatic carbocycles. The third-order valence-corrected chi connectivity index (χ3v) is 3.46. The van der Waals surface area contributed by atoms with Crippen LogP contribution in [-0.4, -0.2) is 17.3 Å². The fraction of sp³-hybridized carbons (Fsp3) is 0.600. The molecule has 0 spiro atoms. The molecule has 0 saturated heterocycles. The van der Waals surface area contributed by atoms with E-state index in [2.05, 4.69) is 49.5 Å². The van der Waals surface area contributed by atoms with Crippen molar-refractivity contribution in [2.75, 3.05) is 0 Å². The molecule has 0 radical (unpaired) electrons. The fourth-order valence-electron chi connectivity index (χ4n) is 2.47. The molecule has 0 amide bonds. The topological polar surface area (TPSA) is 32.3 Å². The molecule has 94 valence electrons. The molecule has 2 N–H and O–H groups in total. The maximum atomic E-state index is 9.34. The van der Waals surface area contributed by atoms with Gasteiger partial charge in [0.15, 0.2) is 0 Å². The summed E-state index contributed by atoms with van der Waals surface area (Å²) in [5, 5.41) is 13.0. The summed E-state index contributed by atoms with van der Waals surface area (Å²) in [5.41, 5.74) is 1.36. The van der Waals surface area contributed by atoms with Crippen molar-refractivity contribution in [2.24, 2.45) is 5.92 Å². The summed E-state index contributed by atoms with van der Waals surface area (Å²) < 4.78 is 0. The largest absolute Gasteiger partial charge is 0.393 e. The van der Waals surface area contributed by atoms with Gasteiger partial charge in [-0.3, -0.25) is 0 Å². The average Bonchev–Trinajstić information content (AvgIpc) is 2.26. The van der Waals surface area contributed by atoms with Crippen molar-refractivity contribution in [1.82, 2.24) is 5.32 Å². The molecule has 1 aliphatic carbocycles. The quantitative estimate of drug-likeness (QED) is 0.819. The summed E-state index contributed by atoms with van der Waals surface area (Å²) in [6.45, 7) is 4.51. The average molecular weight is 233 g/mol. The van der Waals surface area contributed by atoms with Crippen LogP contribution in [0.25, 0.3) is 0 Å². The molecule has 0 aromatic heterocycles. The highest BCUT2D eigenvalue weighted by Gasteiger charge is 2.29. The molecule has 2 heteroatoms. The third kappa shape index (κ3) is 3.55. The molecule has 0 bridgehead atoms. The van der Waals surface area contributed by atoms with Gasteiger partial charge in [-0.25, -0.2) is 0 Å². The number of rotatable bonds is 5. The predicted molar refractivity (Wildman–Crippen MR) is 70.8 cm³/mol. The Hall–Kier alpha value is -0.860. The van der Waals surface area contributed by atoms with Crippen molar-refractivity contribution >= 4 is 0 Å². The van der Waals surface area contributed by atoms with Crippen molar-refractivity contribution < 1.29 is 5.11 Å². The molecule has 1 unspecified atom stereocenters. The van der Waals surface area contributed by atoms with Gasteiger partial charge in [0.05, 0.1) is 6.10 Å². The summed E-state index contributed by atoms with van der Waals surface area (Å²) in [6.07, 6.45) is 2.88. The van der Waals surface area contributed by atoms with E-state index < -0.39 is 0 Å². The van der Waals surface area contributed by atoms with Crippen molar-refractivity contribution in [3.8, 4) is 0 Å². The van der Waals surface area contributed by atoms with E-state index in [0.717, 1.165) is 19.3 Å². The monoisotopic (exact) mass is 233 g/mol. The van der Waals surface area contributed by atoms with E-state index >= 15 is 0 Å². The normalized spacial score (nSPS) is 25.6. The number of aliphatic hydroxyl groups is 1. The lowest BCUT2D eigenvalue weighted by atomic mass is 9.87. The zero-order valence-corrected chi connectivity index (χ0v) is 10.8. The van der Waals surface area contributed by atoms with Gasteiger partial charge >= 0.3 is 0 Å². The summed E-state index contributed by atoms with van der Waals surface area (Å²) in [4.78, 5) is 0. The van der Waals surface area contributed by atoms with Crippen LogP contribution in [0.1, 0.15) is 44.7 Å². The predicted octanol–water partition coefficient (Wildman–Crippen LogP) is 2.89. The maximum absolute atomic E-state index is 9.34. The molecule has 2 rings (SSSR count). The van der Waals surface area contributed by atoms with Crippen molar-refractivity contribution in [3.05, 3.63) is 35.9 Å². The van der Waals surface area contributed by atoms with E-state index in [0.29, 0.717) is 18.0 Å². The Bertz CT molecular complexity index is 330. The zero-order valence-electron chi connectivity index (χ0n) is 10.8. The summed E-state index contributed by atoms with van der Waals surface area (Å²) in [7, 11) is 0. The molecule has 0 heterocycles. The van der Waals surface area contributed by atoms with Gasteiger partial charge in [-0.2, -0.15) is 0 Å². The minimum absolute atomic E-state index is 0.0806. The molecule has 1 fully saturated rings. The van der Waals surface area contributed by atoms with E-state index in [1.807, 2.05) is 0 Å². The molecule has 0 aliphatic heterocycles.